The second-order valence-corrected chi connectivity index (χ2v) is 7.96. The summed E-state index contributed by atoms with van der Waals surface area (Å²) in [5, 5.41) is 4.18. The average Bonchev–Trinajstić information content (AvgIpc) is 3.09. The van der Waals surface area contributed by atoms with Crippen LogP contribution in [0.2, 0.25) is 0 Å². The van der Waals surface area contributed by atoms with E-state index in [2.05, 4.69) is 15.1 Å². The molecule has 26 heavy (non-hydrogen) atoms. The largest absolute Gasteiger partial charge is 0.354 e. The molecule has 8 nitrogen and oxygen atoms in total. The van der Waals surface area contributed by atoms with Gasteiger partial charge in [0.05, 0.1) is 0 Å². The van der Waals surface area contributed by atoms with E-state index in [0.717, 1.165) is 17.6 Å². The number of piperazine rings is 1. The smallest absolute Gasteiger partial charge is 0.254 e. The van der Waals surface area contributed by atoms with Crippen LogP contribution in [0.15, 0.2) is 41.6 Å². The third-order valence-corrected chi connectivity index (χ3v) is 6.31. The fraction of sp³-hybridized carbons (Fsp3) is 0.312. The molecule has 1 fully saturated rings. The maximum absolute atomic E-state index is 13.9. The van der Waals surface area contributed by atoms with Crippen LogP contribution in [0, 0.1) is 12.7 Å². The molecule has 0 radical (unpaired) electrons. The standard InChI is InChI=1S/C16H17FN6O2S/c1-12-10-15(23-16(20-12)18-11-19-23)21-6-8-22(9-7-21)26(24,25)14-5-3-2-4-13(14)17/h2-5,10-11H,6-9H2,1H3. The number of fused-ring (bicyclic) bond motifs is 1. The van der Waals surface area contributed by atoms with Gasteiger partial charge in [-0.3, -0.25) is 0 Å². The van der Waals surface area contributed by atoms with Crippen LogP contribution in [0.4, 0.5) is 10.2 Å². The predicted octanol–water partition coefficient (Wildman–Crippen LogP) is 1.08. The molecule has 1 aromatic carbocycles. The van der Waals surface area contributed by atoms with Crippen molar-refractivity contribution in [2.45, 2.75) is 11.8 Å². The number of benzene rings is 1. The third kappa shape index (κ3) is 2.80. The topological polar surface area (TPSA) is 83.7 Å². The monoisotopic (exact) mass is 376 g/mol. The van der Waals surface area contributed by atoms with Gasteiger partial charge in [0.1, 0.15) is 22.9 Å². The third-order valence-electron chi connectivity index (χ3n) is 4.38. The second-order valence-electron chi connectivity index (χ2n) is 6.05. The summed E-state index contributed by atoms with van der Waals surface area (Å²) in [5.74, 6) is 0.582. The molecule has 4 rings (SSSR count). The van der Waals surface area contributed by atoms with Crippen LogP contribution in [0.5, 0.6) is 0 Å². The molecule has 3 aromatic rings. The van der Waals surface area contributed by atoms with Crippen molar-refractivity contribution in [3.05, 3.63) is 48.2 Å². The molecule has 0 unspecified atom stereocenters. The van der Waals surface area contributed by atoms with E-state index in [1.54, 1.807) is 4.52 Å². The molecule has 0 N–H and O–H groups in total. The van der Waals surface area contributed by atoms with Crippen LogP contribution in [-0.2, 0) is 10.0 Å². The fourth-order valence-electron chi connectivity index (χ4n) is 3.09. The number of hydrogen-bond acceptors (Lipinski definition) is 6. The van der Waals surface area contributed by atoms with Crippen molar-refractivity contribution in [3.8, 4) is 0 Å². The highest BCUT2D eigenvalue weighted by Gasteiger charge is 2.31. The van der Waals surface area contributed by atoms with E-state index in [1.807, 2.05) is 17.9 Å². The van der Waals surface area contributed by atoms with E-state index in [-0.39, 0.29) is 18.0 Å². The Morgan fingerprint density at radius 1 is 1.12 bits per heavy atom. The van der Waals surface area contributed by atoms with Crippen LogP contribution < -0.4 is 4.90 Å². The summed E-state index contributed by atoms with van der Waals surface area (Å²) in [6.07, 6.45) is 1.43. The lowest BCUT2D eigenvalue weighted by Crippen LogP contribution is -2.49. The minimum Gasteiger partial charge on any atom is -0.354 e. The SMILES string of the molecule is Cc1cc(N2CCN(S(=O)(=O)c3ccccc3F)CC2)n2ncnc2n1. The minimum atomic E-state index is -3.85. The van der Waals surface area contributed by atoms with E-state index < -0.39 is 15.8 Å². The van der Waals surface area contributed by atoms with Crippen LogP contribution in [0.1, 0.15) is 5.69 Å². The van der Waals surface area contributed by atoms with Crippen LogP contribution in [0.3, 0.4) is 0 Å². The van der Waals surface area contributed by atoms with Crippen molar-refractivity contribution in [3.63, 3.8) is 0 Å². The molecular formula is C16H17FN6O2S. The lowest BCUT2D eigenvalue weighted by Gasteiger charge is -2.35. The Morgan fingerprint density at radius 3 is 2.58 bits per heavy atom. The summed E-state index contributed by atoms with van der Waals surface area (Å²) < 4.78 is 42.3. The van der Waals surface area contributed by atoms with Gasteiger partial charge in [-0.2, -0.15) is 18.9 Å². The molecule has 0 saturated carbocycles. The first-order valence-corrected chi connectivity index (χ1v) is 9.58. The van der Waals surface area contributed by atoms with Crippen LogP contribution in [-0.4, -0.2) is 58.5 Å². The maximum atomic E-state index is 13.9. The Balaban J connectivity index is 1.58. The number of nitrogens with zero attached hydrogens (tertiary/aromatic N) is 6. The van der Waals surface area contributed by atoms with Crippen LogP contribution >= 0.6 is 0 Å². The summed E-state index contributed by atoms with van der Waals surface area (Å²) in [7, 11) is -3.85. The highest BCUT2D eigenvalue weighted by Crippen LogP contribution is 2.23. The molecule has 0 bridgehead atoms. The summed E-state index contributed by atoms with van der Waals surface area (Å²) >= 11 is 0. The Morgan fingerprint density at radius 2 is 1.85 bits per heavy atom. The van der Waals surface area contributed by atoms with Crippen molar-refractivity contribution >= 4 is 21.6 Å². The van der Waals surface area contributed by atoms with Gasteiger partial charge in [-0.25, -0.2) is 17.8 Å². The Bertz CT molecular complexity index is 1060. The molecule has 0 spiro atoms. The number of anilines is 1. The number of halogens is 1. The fourth-order valence-corrected chi connectivity index (χ4v) is 4.57. The lowest BCUT2D eigenvalue weighted by atomic mass is 10.3. The Labute approximate surface area is 149 Å². The average molecular weight is 376 g/mol. The molecule has 1 aliphatic heterocycles. The zero-order chi connectivity index (χ0) is 18.3. The van der Waals surface area contributed by atoms with Crippen molar-refractivity contribution in [2.75, 3.05) is 31.1 Å². The summed E-state index contributed by atoms with van der Waals surface area (Å²) in [4.78, 5) is 10.2. The molecular weight excluding hydrogens is 359 g/mol. The van der Waals surface area contributed by atoms with Crippen molar-refractivity contribution < 1.29 is 12.8 Å². The predicted molar refractivity (Wildman–Crippen MR) is 92.9 cm³/mol. The molecule has 2 aromatic heterocycles. The van der Waals surface area contributed by atoms with Gasteiger partial charge in [0.15, 0.2) is 0 Å². The van der Waals surface area contributed by atoms with Crippen molar-refractivity contribution in [1.29, 1.82) is 0 Å². The van der Waals surface area contributed by atoms with Gasteiger partial charge < -0.3 is 4.90 Å². The molecule has 1 aliphatic rings. The van der Waals surface area contributed by atoms with E-state index in [0.29, 0.717) is 18.9 Å². The van der Waals surface area contributed by atoms with Gasteiger partial charge in [0.2, 0.25) is 10.0 Å². The quantitative estimate of drug-likeness (QED) is 0.680. The lowest BCUT2D eigenvalue weighted by molar-refractivity contribution is 0.380. The highest BCUT2D eigenvalue weighted by atomic mass is 32.2. The number of aromatic nitrogens is 4. The zero-order valence-corrected chi connectivity index (χ0v) is 14.9. The molecule has 0 atom stereocenters. The van der Waals surface area contributed by atoms with Gasteiger partial charge in [0.25, 0.3) is 5.78 Å². The normalized spacial score (nSPS) is 16.3. The molecule has 0 amide bonds. The zero-order valence-electron chi connectivity index (χ0n) is 14.1. The Hall–Kier alpha value is -2.59. The summed E-state index contributed by atoms with van der Waals surface area (Å²) in [5.41, 5.74) is 0.807. The maximum Gasteiger partial charge on any atom is 0.254 e. The Kier molecular flexibility index (Phi) is 4.08. The van der Waals surface area contributed by atoms with Gasteiger partial charge in [-0.05, 0) is 19.1 Å². The summed E-state index contributed by atoms with van der Waals surface area (Å²) in [6, 6.07) is 7.34. The van der Waals surface area contributed by atoms with Crippen LogP contribution in [0.25, 0.3) is 5.78 Å². The van der Waals surface area contributed by atoms with E-state index in [1.165, 1.54) is 28.8 Å². The van der Waals surface area contributed by atoms with Gasteiger partial charge in [-0.1, -0.05) is 12.1 Å². The highest BCUT2D eigenvalue weighted by molar-refractivity contribution is 7.89. The number of rotatable bonds is 3. The number of sulfonamides is 1. The van der Waals surface area contributed by atoms with Crippen molar-refractivity contribution in [1.82, 2.24) is 23.9 Å². The first-order chi connectivity index (χ1) is 12.5. The first kappa shape index (κ1) is 16.9. The second kappa shape index (κ2) is 6.29. The molecule has 136 valence electrons. The molecule has 10 heteroatoms. The first-order valence-electron chi connectivity index (χ1n) is 8.14. The number of aryl methyl sites for hydroxylation is 1. The van der Waals surface area contributed by atoms with Gasteiger partial charge in [0, 0.05) is 37.9 Å². The van der Waals surface area contributed by atoms with Gasteiger partial charge in [-0.15, -0.1) is 0 Å². The molecule has 1 saturated heterocycles. The van der Waals surface area contributed by atoms with E-state index >= 15 is 0 Å². The summed E-state index contributed by atoms with van der Waals surface area (Å²) in [6.45, 7) is 3.32. The van der Waals surface area contributed by atoms with E-state index in [9.17, 15) is 12.8 Å². The molecule has 0 aliphatic carbocycles. The minimum absolute atomic E-state index is 0.258. The van der Waals surface area contributed by atoms with Crippen molar-refractivity contribution in [2.24, 2.45) is 0 Å². The van der Waals surface area contributed by atoms with Gasteiger partial charge >= 0.3 is 0 Å². The van der Waals surface area contributed by atoms with E-state index in [4.69, 9.17) is 0 Å². The molecule has 3 heterocycles. The number of hydrogen-bond donors (Lipinski definition) is 0.